The fraction of sp³-hybridized carbons (Fsp3) is 0.615. The Bertz CT molecular complexity index is 404. The van der Waals surface area contributed by atoms with Crippen LogP contribution in [0, 0.1) is 17.7 Å². The lowest BCUT2D eigenvalue weighted by Gasteiger charge is -2.22. The van der Waals surface area contributed by atoms with Crippen LogP contribution in [0.1, 0.15) is 38.8 Å². The van der Waals surface area contributed by atoms with Gasteiger partial charge in [-0.25, -0.2) is 9.97 Å². The first kappa shape index (κ1) is 15.0. The third-order valence-corrected chi connectivity index (χ3v) is 3.88. The molecule has 1 heterocycles. The van der Waals surface area contributed by atoms with Crippen molar-refractivity contribution in [3.63, 3.8) is 0 Å². The highest BCUT2D eigenvalue weighted by atomic mass is 32.2. The molecule has 0 aliphatic heterocycles. The van der Waals surface area contributed by atoms with E-state index in [2.05, 4.69) is 9.97 Å². The van der Waals surface area contributed by atoms with Gasteiger partial charge in [0, 0.05) is 23.1 Å². The fourth-order valence-electron chi connectivity index (χ4n) is 1.46. The predicted molar refractivity (Wildman–Crippen MR) is 77.0 cm³/mol. The maximum atomic E-state index is 7.49. The molecule has 1 aromatic heterocycles. The average molecular weight is 266 g/mol. The monoisotopic (exact) mass is 266 g/mol. The summed E-state index contributed by atoms with van der Waals surface area (Å²) < 4.78 is 0. The minimum atomic E-state index is -0.176. The molecule has 0 amide bonds. The Kier molecular flexibility index (Phi) is 5.59. The fourth-order valence-corrected chi connectivity index (χ4v) is 2.34. The number of aromatic nitrogens is 2. The van der Waals surface area contributed by atoms with Gasteiger partial charge in [-0.1, -0.05) is 32.0 Å². The Labute approximate surface area is 113 Å². The maximum absolute atomic E-state index is 7.49. The van der Waals surface area contributed by atoms with Gasteiger partial charge in [0.25, 0.3) is 0 Å². The number of hydrogen-bond donors (Lipinski definition) is 2. The third kappa shape index (κ3) is 5.04. The molecular formula is C13H22N4S. The van der Waals surface area contributed by atoms with E-state index >= 15 is 0 Å². The summed E-state index contributed by atoms with van der Waals surface area (Å²) in [6, 6.07) is 1.90. The van der Waals surface area contributed by atoms with Crippen molar-refractivity contribution in [3.8, 4) is 0 Å². The minimum Gasteiger partial charge on any atom is -0.387 e. The quantitative estimate of drug-likeness (QED) is 0.261. The van der Waals surface area contributed by atoms with Gasteiger partial charge in [0.1, 0.15) is 0 Å². The SMILES string of the molecule is Cc1ccnc(SCCCCC(C)(C)C(=N)N)n1. The van der Waals surface area contributed by atoms with Gasteiger partial charge in [-0.3, -0.25) is 5.41 Å². The highest BCUT2D eigenvalue weighted by Gasteiger charge is 2.20. The lowest BCUT2D eigenvalue weighted by atomic mass is 9.86. The summed E-state index contributed by atoms with van der Waals surface area (Å²) in [5.74, 6) is 1.29. The van der Waals surface area contributed by atoms with Crippen LogP contribution in [-0.2, 0) is 0 Å². The summed E-state index contributed by atoms with van der Waals surface area (Å²) in [7, 11) is 0. The largest absolute Gasteiger partial charge is 0.387 e. The molecule has 0 atom stereocenters. The second-order valence-electron chi connectivity index (χ2n) is 5.08. The second-order valence-corrected chi connectivity index (χ2v) is 6.15. The van der Waals surface area contributed by atoms with E-state index < -0.39 is 0 Å². The molecule has 0 saturated heterocycles. The zero-order valence-electron chi connectivity index (χ0n) is 11.4. The number of rotatable bonds is 7. The molecule has 100 valence electrons. The van der Waals surface area contributed by atoms with Gasteiger partial charge in [-0.2, -0.15) is 0 Å². The Morgan fingerprint density at radius 2 is 2.17 bits per heavy atom. The summed E-state index contributed by atoms with van der Waals surface area (Å²) in [6.45, 7) is 6.01. The van der Waals surface area contributed by atoms with Gasteiger partial charge < -0.3 is 5.73 Å². The lowest BCUT2D eigenvalue weighted by Crippen LogP contribution is -2.30. The van der Waals surface area contributed by atoms with E-state index in [1.54, 1.807) is 18.0 Å². The molecule has 0 unspecified atom stereocenters. The zero-order chi connectivity index (χ0) is 13.6. The highest BCUT2D eigenvalue weighted by Crippen LogP contribution is 2.24. The van der Waals surface area contributed by atoms with Gasteiger partial charge in [0.05, 0.1) is 5.84 Å². The van der Waals surface area contributed by atoms with Crippen molar-refractivity contribution >= 4 is 17.6 Å². The van der Waals surface area contributed by atoms with Gasteiger partial charge in [-0.15, -0.1) is 0 Å². The van der Waals surface area contributed by atoms with Gasteiger partial charge in [0.2, 0.25) is 0 Å². The van der Waals surface area contributed by atoms with Crippen molar-refractivity contribution in [3.05, 3.63) is 18.0 Å². The molecule has 0 radical (unpaired) electrons. The molecule has 3 N–H and O–H groups in total. The number of unbranched alkanes of at least 4 members (excludes halogenated alkanes) is 1. The summed E-state index contributed by atoms with van der Waals surface area (Å²) in [5, 5.41) is 8.34. The van der Waals surface area contributed by atoms with Crippen LogP contribution in [0.25, 0.3) is 0 Å². The van der Waals surface area contributed by atoms with E-state index in [1.807, 2.05) is 26.8 Å². The first-order valence-corrected chi connectivity index (χ1v) is 7.17. The maximum Gasteiger partial charge on any atom is 0.187 e. The van der Waals surface area contributed by atoms with Crippen molar-refractivity contribution in [1.29, 1.82) is 5.41 Å². The number of nitrogens with zero attached hydrogens (tertiary/aromatic N) is 2. The van der Waals surface area contributed by atoms with Crippen molar-refractivity contribution in [2.24, 2.45) is 11.1 Å². The smallest absolute Gasteiger partial charge is 0.187 e. The number of nitrogens with one attached hydrogen (secondary N) is 1. The molecule has 0 fully saturated rings. The molecule has 0 bridgehead atoms. The van der Waals surface area contributed by atoms with Crippen LogP contribution < -0.4 is 5.73 Å². The van der Waals surface area contributed by atoms with Crippen LogP contribution in [0.3, 0.4) is 0 Å². The van der Waals surface area contributed by atoms with Crippen LogP contribution in [0.4, 0.5) is 0 Å². The topological polar surface area (TPSA) is 75.7 Å². The van der Waals surface area contributed by atoms with Crippen LogP contribution in [-0.4, -0.2) is 21.6 Å². The van der Waals surface area contributed by atoms with E-state index in [1.165, 1.54) is 0 Å². The van der Waals surface area contributed by atoms with E-state index in [-0.39, 0.29) is 11.3 Å². The molecule has 18 heavy (non-hydrogen) atoms. The normalized spacial score (nSPS) is 11.5. The molecule has 0 aromatic carbocycles. The molecule has 0 spiro atoms. The summed E-state index contributed by atoms with van der Waals surface area (Å²) in [4.78, 5) is 8.56. The molecule has 0 aliphatic rings. The van der Waals surface area contributed by atoms with Crippen LogP contribution >= 0.6 is 11.8 Å². The third-order valence-electron chi connectivity index (χ3n) is 2.93. The molecule has 4 nitrogen and oxygen atoms in total. The highest BCUT2D eigenvalue weighted by molar-refractivity contribution is 7.99. The molecule has 5 heteroatoms. The minimum absolute atomic E-state index is 0.176. The molecular weight excluding hydrogens is 244 g/mol. The van der Waals surface area contributed by atoms with Crippen LogP contribution in [0.15, 0.2) is 17.4 Å². The van der Waals surface area contributed by atoms with Gasteiger partial charge in [-0.05, 0) is 25.8 Å². The molecule has 1 aromatic rings. The number of aryl methyl sites for hydroxylation is 1. The summed E-state index contributed by atoms with van der Waals surface area (Å²) >= 11 is 1.69. The number of amidine groups is 1. The molecule has 1 rings (SSSR count). The molecule has 0 aliphatic carbocycles. The first-order chi connectivity index (χ1) is 8.42. The van der Waals surface area contributed by atoms with Crippen molar-refractivity contribution in [2.45, 2.75) is 45.2 Å². The Hall–Kier alpha value is -1.10. The van der Waals surface area contributed by atoms with Crippen LogP contribution in [0.5, 0.6) is 0 Å². The Balaban J connectivity index is 2.22. The Morgan fingerprint density at radius 3 is 2.78 bits per heavy atom. The molecule has 0 saturated carbocycles. The van der Waals surface area contributed by atoms with E-state index in [4.69, 9.17) is 11.1 Å². The van der Waals surface area contributed by atoms with Crippen molar-refractivity contribution in [2.75, 3.05) is 5.75 Å². The van der Waals surface area contributed by atoms with E-state index in [9.17, 15) is 0 Å². The number of hydrogen-bond acceptors (Lipinski definition) is 4. The van der Waals surface area contributed by atoms with E-state index in [0.717, 1.165) is 35.9 Å². The average Bonchev–Trinajstić information content (AvgIpc) is 2.28. The summed E-state index contributed by atoms with van der Waals surface area (Å²) in [5.41, 5.74) is 6.38. The lowest BCUT2D eigenvalue weighted by molar-refractivity contribution is 0.448. The van der Waals surface area contributed by atoms with E-state index in [0.29, 0.717) is 0 Å². The summed E-state index contributed by atoms with van der Waals surface area (Å²) in [6.07, 6.45) is 4.92. The first-order valence-electron chi connectivity index (χ1n) is 6.19. The standard InChI is InChI=1S/C13H22N4S/c1-10-6-8-16-12(17-10)18-9-5-4-7-13(2,3)11(14)15/h6,8H,4-5,7,9H2,1-3H3,(H3,14,15). The van der Waals surface area contributed by atoms with Crippen molar-refractivity contribution < 1.29 is 0 Å². The predicted octanol–water partition coefficient (Wildman–Crippen LogP) is 3.01. The van der Waals surface area contributed by atoms with Crippen LogP contribution in [0.2, 0.25) is 0 Å². The number of nitrogens with two attached hydrogens (primary N) is 1. The Morgan fingerprint density at radius 1 is 1.44 bits per heavy atom. The zero-order valence-corrected chi connectivity index (χ0v) is 12.2. The van der Waals surface area contributed by atoms with Crippen molar-refractivity contribution in [1.82, 2.24) is 9.97 Å². The van der Waals surface area contributed by atoms with Gasteiger partial charge in [0.15, 0.2) is 5.16 Å². The van der Waals surface area contributed by atoms with Gasteiger partial charge >= 0.3 is 0 Å². The second kappa shape index (κ2) is 6.73. The number of thioether (sulfide) groups is 1.